The second-order valence-electron chi connectivity index (χ2n) is 5.59. The molecular weight excluding hydrogens is 294 g/mol. The summed E-state index contributed by atoms with van der Waals surface area (Å²) >= 11 is 0. The lowest BCUT2D eigenvalue weighted by Gasteiger charge is -2.23. The fraction of sp³-hybridized carbons (Fsp3) is 0.438. The van der Waals surface area contributed by atoms with Gasteiger partial charge in [-0.3, -0.25) is 0 Å². The Labute approximate surface area is 135 Å². The Morgan fingerprint density at radius 2 is 1.87 bits per heavy atom. The number of benzene rings is 1. The van der Waals surface area contributed by atoms with Crippen LogP contribution in [-0.2, 0) is 5.54 Å². The fourth-order valence-electron chi connectivity index (χ4n) is 2.38. The van der Waals surface area contributed by atoms with E-state index < -0.39 is 5.54 Å². The molecule has 0 spiro atoms. The third-order valence-corrected chi connectivity index (χ3v) is 3.73. The average molecular weight is 315 g/mol. The van der Waals surface area contributed by atoms with Crippen LogP contribution in [0.2, 0.25) is 0 Å². The number of methoxy groups -OCH3 is 2. The lowest BCUT2D eigenvalue weighted by molar-refractivity contribution is 0.355. The van der Waals surface area contributed by atoms with Crippen LogP contribution in [0.1, 0.15) is 32.0 Å². The molecule has 2 aromatic rings. The number of hydrogen-bond acceptors (Lipinski definition) is 7. The van der Waals surface area contributed by atoms with Gasteiger partial charge < -0.3 is 20.9 Å². The summed E-state index contributed by atoms with van der Waals surface area (Å²) in [7, 11) is 3.12. The minimum Gasteiger partial charge on any atom is -0.493 e. The van der Waals surface area contributed by atoms with Crippen molar-refractivity contribution in [3.05, 3.63) is 18.0 Å². The highest BCUT2D eigenvalue weighted by Gasteiger charge is 2.25. The highest BCUT2D eigenvalue weighted by Crippen LogP contribution is 2.34. The largest absolute Gasteiger partial charge is 0.493 e. The van der Waals surface area contributed by atoms with Gasteiger partial charge in [0, 0.05) is 17.9 Å². The van der Waals surface area contributed by atoms with Gasteiger partial charge in [0.2, 0.25) is 0 Å². The maximum Gasteiger partial charge on any atom is 0.162 e. The molecule has 0 bridgehead atoms. The molecule has 2 rings (SSSR count). The molecule has 0 fully saturated rings. The molecule has 1 unspecified atom stereocenters. The molecule has 0 saturated heterocycles. The Morgan fingerprint density at radius 1 is 1.22 bits per heavy atom. The molecule has 0 amide bonds. The van der Waals surface area contributed by atoms with Crippen LogP contribution >= 0.6 is 0 Å². The number of ether oxygens (including phenoxy) is 2. The first-order chi connectivity index (χ1) is 10.9. The van der Waals surface area contributed by atoms with Gasteiger partial charge >= 0.3 is 0 Å². The molecule has 0 aliphatic heterocycles. The van der Waals surface area contributed by atoms with Gasteiger partial charge in [-0.05, 0) is 25.8 Å². The topological polar surface area (TPSA) is 120 Å². The second-order valence-corrected chi connectivity index (χ2v) is 5.59. The highest BCUT2D eigenvalue weighted by molar-refractivity contribution is 5.90. The van der Waals surface area contributed by atoms with E-state index in [4.69, 9.17) is 26.2 Å². The van der Waals surface area contributed by atoms with Crippen LogP contribution in [0.15, 0.2) is 12.1 Å². The van der Waals surface area contributed by atoms with E-state index in [-0.39, 0.29) is 0 Å². The Bertz CT molecular complexity index is 752. The zero-order valence-corrected chi connectivity index (χ0v) is 13.6. The Morgan fingerprint density at radius 3 is 2.48 bits per heavy atom. The molecule has 1 aromatic heterocycles. The first-order valence-corrected chi connectivity index (χ1v) is 7.28. The third kappa shape index (κ3) is 3.43. The lowest BCUT2D eigenvalue weighted by Crippen LogP contribution is -2.35. The van der Waals surface area contributed by atoms with Crippen LogP contribution in [-0.4, -0.2) is 24.2 Å². The zero-order valence-electron chi connectivity index (χ0n) is 13.6. The second kappa shape index (κ2) is 6.67. The molecule has 0 radical (unpaired) electrons. The third-order valence-electron chi connectivity index (χ3n) is 3.73. The van der Waals surface area contributed by atoms with Crippen molar-refractivity contribution in [2.24, 2.45) is 5.73 Å². The van der Waals surface area contributed by atoms with Crippen LogP contribution in [0, 0.1) is 11.3 Å². The van der Waals surface area contributed by atoms with Crippen molar-refractivity contribution in [2.75, 3.05) is 20.0 Å². The first-order valence-electron chi connectivity index (χ1n) is 7.28. The lowest BCUT2D eigenvalue weighted by atomic mass is 9.95. The number of unbranched alkanes of at least 4 members (excludes halogenated alkanes) is 1. The van der Waals surface area contributed by atoms with Crippen molar-refractivity contribution in [1.82, 2.24) is 9.97 Å². The van der Waals surface area contributed by atoms with E-state index in [0.717, 1.165) is 0 Å². The van der Waals surface area contributed by atoms with Gasteiger partial charge in [0.15, 0.2) is 17.3 Å². The van der Waals surface area contributed by atoms with Crippen molar-refractivity contribution in [1.29, 1.82) is 5.26 Å². The summed E-state index contributed by atoms with van der Waals surface area (Å²) in [5.74, 6) is 1.91. The van der Waals surface area contributed by atoms with Crippen LogP contribution in [0.3, 0.4) is 0 Å². The van der Waals surface area contributed by atoms with Gasteiger partial charge in [-0.1, -0.05) is 0 Å². The maximum absolute atomic E-state index is 8.66. The van der Waals surface area contributed by atoms with Crippen molar-refractivity contribution in [3.8, 4) is 17.6 Å². The van der Waals surface area contributed by atoms with Crippen molar-refractivity contribution in [3.63, 3.8) is 0 Å². The smallest absolute Gasteiger partial charge is 0.162 e. The van der Waals surface area contributed by atoms with E-state index in [2.05, 4.69) is 16.0 Å². The summed E-state index contributed by atoms with van der Waals surface area (Å²) in [6, 6.07) is 5.61. The van der Waals surface area contributed by atoms with Gasteiger partial charge in [-0.15, -0.1) is 0 Å². The minimum atomic E-state index is -0.758. The Kier molecular flexibility index (Phi) is 4.86. The average Bonchev–Trinajstić information content (AvgIpc) is 2.53. The maximum atomic E-state index is 8.66. The quantitative estimate of drug-likeness (QED) is 0.783. The molecule has 4 N–H and O–H groups in total. The molecular formula is C16H21N5O2. The SMILES string of the molecule is COc1cc2nc(C(C)(N)CCCC#N)nc(N)c2cc1OC. The molecule has 1 atom stereocenters. The molecule has 122 valence electrons. The number of nitrogens with two attached hydrogens (primary N) is 2. The fourth-order valence-corrected chi connectivity index (χ4v) is 2.38. The van der Waals surface area contributed by atoms with Crippen molar-refractivity contribution < 1.29 is 9.47 Å². The van der Waals surface area contributed by atoms with Crippen molar-refractivity contribution >= 4 is 16.7 Å². The molecule has 1 heterocycles. The normalized spacial score (nSPS) is 13.3. The number of hydrogen-bond donors (Lipinski definition) is 2. The molecule has 0 aliphatic rings. The van der Waals surface area contributed by atoms with E-state index >= 15 is 0 Å². The molecule has 23 heavy (non-hydrogen) atoms. The van der Waals surface area contributed by atoms with Gasteiger partial charge in [0.25, 0.3) is 0 Å². The van der Waals surface area contributed by atoms with Crippen LogP contribution in [0.5, 0.6) is 11.5 Å². The predicted octanol–water partition coefficient (Wildman–Crippen LogP) is 2.10. The standard InChI is InChI=1S/C16H21N5O2/c1-16(19,6-4-5-7-17)15-20-11-9-13(23-3)12(22-2)8-10(11)14(18)21-15/h8-9H,4-6,19H2,1-3H3,(H2,18,20,21). The molecule has 1 aromatic carbocycles. The van der Waals surface area contributed by atoms with Gasteiger partial charge in [-0.2, -0.15) is 5.26 Å². The molecule has 0 saturated carbocycles. The number of aromatic nitrogens is 2. The number of nitriles is 1. The van der Waals surface area contributed by atoms with Crippen LogP contribution in [0.25, 0.3) is 10.9 Å². The summed E-state index contributed by atoms with van der Waals surface area (Å²) in [5.41, 5.74) is 12.3. The summed E-state index contributed by atoms with van der Waals surface area (Å²) in [6.07, 6.45) is 1.72. The molecule has 7 nitrogen and oxygen atoms in total. The number of rotatable bonds is 6. The Balaban J connectivity index is 2.50. The van der Waals surface area contributed by atoms with E-state index in [0.29, 0.717) is 53.3 Å². The number of anilines is 1. The summed E-state index contributed by atoms with van der Waals surface area (Å²) < 4.78 is 10.6. The van der Waals surface area contributed by atoms with Gasteiger partial charge in [-0.25, -0.2) is 9.97 Å². The van der Waals surface area contributed by atoms with Crippen molar-refractivity contribution in [2.45, 2.75) is 31.7 Å². The minimum absolute atomic E-state index is 0.336. The number of nitrogens with zero attached hydrogens (tertiary/aromatic N) is 3. The Hall–Kier alpha value is -2.59. The zero-order chi connectivity index (χ0) is 17.0. The van der Waals surface area contributed by atoms with Crippen LogP contribution in [0.4, 0.5) is 5.82 Å². The van der Waals surface area contributed by atoms with Crippen LogP contribution < -0.4 is 20.9 Å². The van der Waals surface area contributed by atoms with Gasteiger partial charge in [0.1, 0.15) is 5.82 Å². The molecule has 0 aliphatic carbocycles. The van der Waals surface area contributed by atoms with E-state index in [1.54, 1.807) is 26.4 Å². The summed E-state index contributed by atoms with van der Waals surface area (Å²) in [4.78, 5) is 8.88. The highest BCUT2D eigenvalue weighted by atomic mass is 16.5. The van der Waals surface area contributed by atoms with Gasteiger partial charge in [0.05, 0.1) is 31.3 Å². The summed E-state index contributed by atoms with van der Waals surface area (Å²) in [6.45, 7) is 1.84. The summed E-state index contributed by atoms with van der Waals surface area (Å²) in [5, 5.41) is 9.34. The first kappa shape index (κ1) is 16.8. The monoisotopic (exact) mass is 315 g/mol. The predicted molar refractivity (Wildman–Crippen MR) is 88.1 cm³/mol. The molecule has 7 heteroatoms. The number of nitrogen functional groups attached to an aromatic ring is 1. The number of fused-ring (bicyclic) bond motifs is 1. The van der Waals surface area contributed by atoms with E-state index in [1.165, 1.54) is 0 Å². The van der Waals surface area contributed by atoms with E-state index in [9.17, 15) is 0 Å². The van der Waals surface area contributed by atoms with E-state index in [1.807, 2.05) is 6.92 Å².